The van der Waals surface area contributed by atoms with Crippen molar-refractivity contribution >= 4 is 5.91 Å². The third-order valence-electron chi connectivity index (χ3n) is 7.78. The number of amides is 1. The van der Waals surface area contributed by atoms with Crippen molar-refractivity contribution < 1.29 is 19.4 Å². The van der Waals surface area contributed by atoms with Gasteiger partial charge in [-0.15, -0.1) is 0 Å². The first-order valence-electron chi connectivity index (χ1n) is 13.5. The van der Waals surface area contributed by atoms with Crippen LogP contribution in [0.3, 0.4) is 0 Å². The summed E-state index contributed by atoms with van der Waals surface area (Å²) in [4.78, 5) is 15.3. The molecule has 0 radical (unpaired) electrons. The van der Waals surface area contributed by atoms with Gasteiger partial charge in [-0.3, -0.25) is 4.79 Å². The number of likely N-dealkylation sites (tertiary alicyclic amines) is 1. The summed E-state index contributed by atoms with van der Waals surface area (Å²) in [7, 11) is 3.33. The summed E-state index contributed by atoms with van der Waals surface area (Å²) in [6, 6.07) is 26.7. The average molecular weight is 517 g/mol. The maximum Gasteiger partial charge on any atom is 0.222 e. The summed E-state index contributed by atoms with van der Waals surface area (Å²) in [5.74, 6) is 1.68. The van der Waals surface area contributed by atoms with E-state index >= 15 is 0 Å². The van der Waals surface area contributed by atoms with E-state index in [1.165, 1.54) is 0 Å². The second-order valence-electron chi connectivity index (χ2n) is 10.1. The molecule has 6 nitrogen and oxygen atoms in total. The molecule has 1 fully saturated rings. The van der Waals surface area contributed by atoms with E-state index in [1.807, 2.05) is 35.2 Å². The number of ether oxygens (including phenoxy) is 2. The molecule has 1 saturated heterocycles. The van der Waals surface area contributed by atoms with Crippen LogP contribution < -0.4 is 15.2 Å². The second kappa shape index (κ2) is 12.9. The monoisotopic (exact) mass is 516 g/mol. The SMILES string of the molecule is COc1ccc(C(C[C@@H]2C[C@@H](O)CN2C(=O)CCCCCN)(c2ccccc2)c2ccc(OC)cc2)cc1. The summed E-state index contributed by atoms with van der Waals surface area (Å²) >= 11 is 0. The molecule has 3 aromatic carbocycles. The highest BCUT2D eigenvalue weighted by Gasteiger charge is 2.44. The van der Waals surface area contributed by atoms with Gasteiger partial charge in [0.05, 0.1) is 20.3 Å². The molecule has 1 aliphatic heterocycles. The molecule has 0 spiro atoms. The lowest BCUT2D eigenvalue weighted by Crippen LogP contribution is -2.42. The number of unbranched alkanes of at least 4 members (excludes halogenated alkanes) is 2. The van der Waals surface area contributed by atoms with Crippen molar-refractivity contribution in [1.82, 2.24) is 4.90 Å². The lowest BCUT2D eigenvalue weighted by atomic mass is 9.65. The van der Waals surface area contributed by atoms with Gasteiger partial charge in [0.2, 0.25) is 5.91 Å². The lowest BCUT2D eigenvalue weighted by molar-refractivity contribution is -0.132. The Balaban J connectivity index is 1.80. The van der Waals surface area contributed by atoms with E-state index in [0.29, 0.717) is 32.4 Å². The standard InChI is InChI=1S/C32H40N2O4/c1-37-29-16-12-25(13-17-29)32(24-9-5-3-6-10-24,26-14-18-30(38-2)19-15-26)22-27-21-28(35)23-34(27)31(36)11-7-4-8-20-33/h3,5-6,9-10,12-19,27-28,35H,4,7-8,11,20-23,33H2,1-2H3/t27-,28+/m0/s1. The van der Waals surface area contributed by atoms with E-state index in [0.717, 1.165) is 47.5 Å². The number of nitrogens with zero attached hydrogens (tertiary/aromatic N) is 1. The van der Waals surface area contributed by atoms with Gasteiger partial charge in [0.25, 0.3) is 0 Å². The van der Waals surface area contributed by atoms with Gasteiger partial charge in [0.15, 0.2) is 0 Å². The smallest absolute Gasteiger partial charge is 0.222 e. The largest absolute Gasteiger partial charge is 0.497 e. The van der Waals surface area contributed by atoms with Gasteiger partial charge >= 0.3 is 0 Å². The Labute approximate surface area is 226 Å². The van der Waals surface area contributed by atoms with Crippen LogP contribution in [-0.2, 0) is 10.2 Å². The zero-order valence-electron chi connectivity index (χ0n) is 22.5. The number of carbonyl (C=O) groups excluding carboxylic acids is 1. The minimum absolute atomic E-state index is 0.106. The number of hydrogen-bond acceptors (Lipinski definition) is 5. The Hall–Kier alpha value is -3.35. The van der Waals surface area contributed by atoms with E-state index in [4.69, 9.17) is 15.2 Å². The van der Waals surface area contributed by atoms with Gasteiger partial charge < -0.3 is 25.2 Å². The first-order valence-corrected chi connectivity index (χ1v) is 13.5. The maximum atomic E-state index is 13.4. The quantitative estimate of drug-likeness (QED) is 0.264. The van der Waals surface area contributed by atoms with Crippen molar-refractivity contribution in [2.75, 3.05) is 27.3 Å². The van der Waals surface area contributed by atoms with Crippen molar-refractivity contribution in [2.45, 2.75) is 56.1 Å². The molecule has 3 N–H and O–H groups in total. The highest BCUT2D eigenvalue weighted by molar-refractivity contribution is 5.77. The number of methoxy groups -OCH3 is 2. The molecule has 0 saturated carbocycles. The Morgan fingerprint density at radius 3 is 1.95 bits per heavy atom. The fourth-order valence-corrected chi connectivity index (χ4v) is 5.81. The number of nitrogens with two attached hydrogens (primary N) is 1. The van der Waals surface area contributed by atoms with Crippen LogP contribution in [0.15, 0.2) is 78.9 Å². The van der Waals surface area contributed by atoms with Gasteiger partial charge in [0, 0.05) is 24.4 Å². The van der Waals surface area contributed by atoms with Gasteiger partial charge in [-0.1, -0.05) is 61.0 Å². The maximum absolute atomic E-state index is 13.4. The predicted molar refractivity (Wildman–Crippen MR) is 151 cm³/mol. The number of benzene rings is 3. The molecule has 2 atom stereocenters. The summed E-state index contributed by atoms with van der Waals surface area (Å²) in [5.41, 5.74) is 8.41. The second-order valence-corrected chi connectivity index (χ2v) is 10.1. The van der Waals surface area contributed by atoms with E-state index in [1.54, 1.807) is 14.2 Å². The molecule has 1 heterocycles. The number of β-amino-alcohol motifs (C(OH)–C–C–N with tert-alkyl or cyclic N) is 1. The number of rotatable bonds is 12. The number of aliphatic hydroxyl groups excluding tert-OH is 1. The Kier molecular flexibility index (Phi) is 9.43. The predicted octanol–water partition coefficient (Wildman–Crippen LogP) is 4.91. The molecule has 3 aromatic rings. The topological polar surface area (TPSA) is 85.0 Å². The minimum Gasteiger partial charge on any atom is -0.497 e. The van der Waals surface area contributed by atoms with Crippen LogP contribution in [0.2, 0.25) is 0 Å². The lowest BCUT2D eigenvalue weighted by Gasteiger charge is -2.40. The van der Waals surface area contributed by atoms with Gasteiger partial charge in [-0.05, 0) is 73.2 Å². The zero-order valence-corrected chi connectivity index (χ0v) is 22.5. The summed E-state index contributed by atoms with van der Waals surface area (Å²) in [5, 5.41) is 10.7. The Morgan fingerprint density at radius 1 is 0.868 bits per heavy atom. The molecular weight excluding hydrogens is 476 g/mol. The Bertz CT molecular complexity index is 1100. The molecule has 0 bridgehead atoms. The van der Waals surface area contributed by atoms with Gasteiger partial charge in [-0.25, -0.2) is 0 Å². The molecule has 4 rings (SSSR count). The highest BCUT2D eigenvalue weighted by Crippen LogP contribution is 2.46. The molecular formula is C32H40N2O4. The van der Waals surface area contributed by atoms with Crippen LogP contribution in [-0.4, -0.2) is 55.4 Å². The van der Waals surface area contributed by atoms with Crippen LogP contribution in [0.1, 0.15) is 55.2 Å². The fraction of sp³-hybridized carbons (Fsp3) is 0.406. The van der Waals surface area contributed by atoms with E-state index < -0.39 is 11.5 Å². The normalized spacial score (nSPS) is 17.4. The number of hydrogen-bond donors (Lipinski definition) is 2. The van der Waals surface area contributed by atoms with Crippen LogP contribution in [0.4, 0.5) is 0 Å². The highest BCUT2D eigenvalue weighted by atomic mass is 16.5. The summed E-state index contributed by atoms with van der Waals surface area (Å²) < 4.78 is 10.9. The van der Waals surface area contributed by atoms with Crippen molar-refractivity contribution in [2.24, 2.45) is 5.73 Å². The molecule has 0 aliphatic carbocycles. The molecule has 1 amide bonds. The minimum atomic E-state index is -0.563. The fourth-order valence-electron chi connectivity index (χ4n) is 5.81. The van der Waals surface area contributed by atoms with Crippen molar-refractivity contribution in [3.63, 3.8) is 0 Å². The Morgan fingerprint density at radius 2 is 1.42 bits per heavy atom. The molecule has 38 heavy (non-hydrogen) atoms. The van der Waals surface area contributed by atoms with Crippen molar-refractivity contribution in [1.29, 1.82) is 0 Å². The molecule has 202 valence electrons. The summed E-state index contributed by atoms with van der Waals surface area (Å²) in [6.45, 7) is 1.01. The molecule has 6 heteroatoms. The first kappa shape index (κ1) is 27.7. The number of aliphatic hydroxyl groups is 1. The van der Waals surface area contributed by atoms with Crippen molar-refractivity contribution in [3.05, 3.63) is 95.6 Å². The summed E-state index contributed by atoms with van der Waals surface area (Å²) in [6.07, 6.45) is 3.81. The molecule has 1 aliphatic rings. The van der Waals surface area contributed by atoms with Crippen LogP contribution in [0.5, 0.6) is 11.5 Å². The zero-order chi connectivity index (χ0) is 27.0. The van der Waals surface area contributed by atoms with E-state index in [9.17, 15) is 9.90 Å². The van der Waals surface area contributed by atoms with Gasteiger partial charge in [0.1, 0.15) is 11.5 Å². The molecule has 0 unspecified atom stereocenters. The first-order chi connectivity index (χ1) is 18.5. The van der Waals surface area contributed by atoms with E-state index in [2.05, 4.69) is 48.5 Å². The van der Waals surface area contributed by atoms with Crippen molar-refractivity contribution in [3.8, 4) is 11.5 Å². The average Bonchev–Trinajstić information content (AvgIpc) is 3.34. The third kappa shape index (κ3) is 6.03. The van der Waals surface area contributed by atoms with E-state index in [-0.39, 0.29) is 11.9 Å². The third-order valence-corrected chi connectivity index (χ3v) is 7.78. The number of carbonyl (C=O) groups is 1. The van der Waals surface area contributed by atoms with Crippen LogP contribution >= 0.6 is 0 Å². The molecule has 0 aromatic heterocycles. The van der Waals surface area contributed by atoms with Crippen LogP contribution in [0.25, 0.3) is 0 Å². The van der Waals surface area contributed by atoms with Crippen LogP contribution in [0, 0.1) is 0 Å². The van der Waals surface area contributed by atoms with Gasteiger partial charge in [-0.2, -0.15) is 0 Å².